The van der Waals surface area contributed by atoms with Crippen molar-refractivity contribution in [1.82, 2.24) is 20.6 Å². The zero-order valence-electron chi connectivity index (χ0n) is 17.9. The summed E-state index contributed by atoms with van der Waals surface area (Å²) in [7, 11) is 0. The van der Waals surface area contributed by atoms with E-state index in [1.165, 1.54) is 0 Å². The number of rotatable bonds is 6. The molecule has 2 aromatic carbocycles. The number of nitrogens with one attached hydrogen (secondary N) is 2. The quantitative estimate of drug-likeness (QED) is 0.572. The first-order valence-electron chi connectivity index (χ1n) is 9.87. The predicted molar refractivity (Wildman–Crippen MR) is 119 cm³/mol. The van der Waals surface area contributed by atoms with Crippen LogP contribution in [0.5, 0.6) is 5.75 Å². The first-order valence-corrected chi connectivity index (χ1v) is 10.3. The molecule has 3 rings (SSSR count). The van der Waals surface area contributed by atoms with E-state index in [9.17, 15) is 9.59 Å². The smallest absolute Gasteiger partial charge is 0.279 e. The molecule has 0 saturated heterocycles. The molecule has 2 N–H and O–H groups in total. The third kappa shape index (κ3) is 5.24. The molecule has 0 fully saturated rings. The van der Waals surface area contributed by atoms with Gasteiger partial charge in [-0.1, -0.05) is 54.1 Å². The van der Waals surface area contributed by atoms with E-state index in [1.807, 2.05) is 56.3 Å². The minimum Gasteiger partial charge on any atom is -0.481 e. The van der Waals surface area contributed by atoms with E-state index in [4.69, 9.17) is 16.3 Å². The lowest BCUT2D eigenvalue weighted by Crippen LogP contribution is -2.47. The molecule has 0 aliphatic carbocycles. The number of carbonyl (C=O) groups excluding carboxylic acids is 2. The highest BCUT2D eigenvalue weighted by Gasteiger charge is 2.22. The zero-order chi connectivity index (χ0) is 22.5. The van der Waals surface area contributed by atoms with Gasteiger partial charge in [-0.3, -0.25) is 20.4 Å². The summed E-state index contributed by atoms with van der Waals surface area (Å²) in [6.07, 6.45) is -0.807. The number of aromatic nitrogens is 2. The third-order valence-corrected chi connectivity index (χ3v) is 5.38. The molecular weight excluding hydrogens is 416 g/mol. The lowest BCUT2D eigenvalue weighted by molar-refractivity contribution is -0.128. The topological polar surface area (TPSA) is 85.2 Å². The Morgan fingerprint density at radius 3 is 2.48 bits per heavy atom. The largest absolute Gasteiger partial charge is 0.481 e. The average molecular weight is 441 g/mol. The summed E-state index contributed by atoms with van der Waals surface area (Å²) in [6, 6.07) is 15.3. The van der Waals surface area contributed by atoms with Gasteiger partial charge in [0.1, 0.15) is 16.5 Å². The molecule has 7 nitrogen and oxygen atoms in total. The molecular formula is C23H25ClN4O3. The average Bonchev–Trinajstić information content (AvgIpc) is 3.03. The van der Waals surface area contributed by atoms with E-state index in [0.29, 0.717) is 18.0 Å². The number of hydrazine groups is 1. The fourth-order valence-corrected chi connectivity index (χ4v) is 3.37. The van der Waals surface area contributed by atoms with Crippen LogP contribution >= 0.6 is 11.6 Å². The van der Waals surface area contributed by atoms with Crippen molar-refractivity contribution in [3.8, 4) is 5.75 Å². The number of aryl methyl sites for hydroxylation is 2. The van der Waals surface area contributed by atoms with E-state index in [0.717, 1.165) is 16.7 Å². The van der Waals surface area contributed by atoms with Crippen molar-refractivity contribution in [2.24, 2.45) is 0 Å². The molecule has 1 heterocycles. The molecule has 162 valence electrons. The van der Waals surface area contributed by atoms with Crippen LogP contribution < -0.4 is 15.6 Å². The molecule has 0 bridgehead atoms. The molecule has 1 aromatic heterocycles. The molecule has 1 unspecified atom stereocenters. The monoisotopic (exact) mass is 440 g/mol. The Morgan fingerprint density at radius 1 is 1.06 bits per heavy atom. The van der Waals surface area contributed by atoms with Crippen LogP contribution in [0.2, 0.25) is 5.15 Å². The van der Waals surface area contributed by atoms with E-state index in [1.54, 1.807) is 24.6 Å². The lowest BCUT2D eigenvalue weighted by atomic mass is 10.1. The van der Waals surface area contributed by atoms with Crippen molar-refractivity contribution >= 4 is 23.4 Å². The summed E-state index contributed by atoms with van der Waals surface area (Å²) in [4.78, 5) is 25.0. The van der Waals surface area contributed by atoms with Crippen LogP contribution in [0.25, 0.3) is 0 Å². The fraction of sp³-hybridized carbons (Fsp3) is 0.261. The van der Waals surface area contributed by atoms with Crippen LogP contribution in [-0.2, 0) is 11.3 Å². The van der Waals surface area contributed by atoms with E-state index >= 15 is 0 Å². The summed E-state index contributed by atoms with van der Waals surface area (Å²) in [5.74, 6) is -0.413. The van der Waals surface area contributed by atoms with Gasteiger partial charge < -0.3 is 4.74 Å². The predicted octanol–water partition coefficient (Wildman–Crippen LogP) is 3.74. The lowest BCUT2D eigenvalue weighted by Gasteiger charge is -2.17. The van der Waals surface area contributed by atoms with E-state index in [2.05, 4.69) is 16.0 Å². The van der Waals surface area contributed by atoms with Gasteiger partial charge in [-0.25, -0.2) is 4.68 Å². The van der Waals surface area contributed by atoms with Crippen molar-refractivity contribution in [3.63, 3.8) is 0 Å². The molecule has 0 aliphatic heterocycles. The summed E-state index contributed by atoms with van der Waals surface area (Å²) < 4.78 is 7.29. The maximum absolute atomic E-state index is 12.6. The number of carbonyl (C=O) groups is 2. The van der Waals surface area contributed by atoms with Gasteiger partial charge in [-0.2, -0.15) is 5.10 Å². The Labute approximate surface area is 186 Å². The van der Waals surface area contributed by atoms with Gasteiger partial charge in [0.05, 0.1) is 12.2 Å². The van der Waals surface area contributed by atoms with Crippen molar-refractivity contribution in [2.45, 2.75) is 40.3 Å². The number of halogens is 1. The summed E-state index contributed by atoms with van der Waals surface area (Å²) >= 11 is 6.39. The van der Waals surface area contributed by atoms with Crippen molar-refractivity contribution in [2.75, 3.05) is 0 Å². The maximum Gasteiger partial charge on any atom is 0.279 e. The standard InChI is InChI=1S/C23H25ClN4O3/c1-14-9-8-12-19(15(14)2)31-17(4)22(29)25-26-23(30)20-16(3)27-28(21(20)24)13-18-10-6-5-7-11-18/h5-12,17H,13H2,1-4H3,(H,25,29)(H,26,30). The van der Waals surface area contributed by atoms with Crippen LogP contribution in [-0.4, -0.2) is 27.7 Å². The van der Waals surface area contributed by atoms with Gasteiger partial charge >= 0.3 is 0 Å². The Bertz CT molecular complexity index is 1100. The normalized spacial score (nSPS) is 11.6. The van der Waals surface area contributed by atoms with Crippen LogP contribution in [0.4, 0.5) is 0 Å². The van der Waals surface area contributed by atoms with Crippen molar-refractivity contribution < 1.29 is 14.3 Å². The van der Waals surface area contributed by atoms with Gasteiger partial charge in [-0.15, -0.1) is 0 Å². The second-order valence-electron chi connectivity index (χ2n) is 7.30. The summed E-state index contributed by atoms with van der Waals surface area (Å²) in [5.41, 5.74) is 8.49. The molecule has 1 atom stereocenters. The molecule has 8 heteroatoms. The van der Waals surface area contributed by atoms with Gasteiger partial charge in [0, 0.05) is 0 Å². The molecule has 31 heavy (non-hydrogen) atoms. The number of nitrogens with zero attached hydrogens (tertiary/aromatic N) is 2. The summed E-state index contributed by atoms with van der Waals surface area (Å²) in [6.45, 7) is 7.63. The first-order chi connectivity index (χ1) is 14.8. The highest BCUT2D eigenvalue weighted by molar-refractivity contribution is 6.33. The SMILES string of the molecule is Cc1cccc(OC(C)C(=O)NNC(=O)c2c(C)nn(Cc3ccccc3)c2Cl)c1C. The second-order valence-corrected chi connectivity index (χ2v) is 7.65. The Kier molecular flexibility index (Phi) is 6.97. The molecule has 3 aromatic rings. The third-order valence-electron chi connectivity index (χ3n) is 4.99. The highest BCUT2D eigenvalue weighted by Crippen LogP contribution is 2.22. The molecule has 0 saturated carbocycles. The molecule has 0 spiro atoms. The Balaban J connectivity index is 1.62. The zero-order valence-corrected chi connectivity index (χ0v) is 18.7. The highest BCUT2D eigenvalue weighted by atomic mass is 35.5. The number of amides is 2. The molecule has 0 aliphatic rings. The molecule has 0 radical (unpaired) electrons. The Morgan fingerprint density at radius 2 is 1.77 bits per heavy atom. The molecule has 2 amide bonds. The number of hydrogen-bond donors (Lipinski definition) is 2. The van der Waals surface area contributed by atoms with Gasteiger partial charge in [0.2, 0.25) is 0 Å². The van der Waals surface area contributed by atoms with Gasteiger partial charge in [0.15, 0.2) is 6.10 Å². The van der Waals surface area contributed by atoms with Gasteiger partial charge in [-0.05, 0) is 50.5 Å². The van der Waals surface area contributed by atoms with Crippen LogP contribution in [0.1, 0.15) is 39.7 Å². The van der Waals surface area contributed by atoms with Crippen LogP contribution in [0, 0.1) is 20.8 Å². The minimum atomic E-state index is -0.807. The minimum absolute atomic E-state index is 0.202. The number of ether oxygens (including phenoxy) is 1. The fourth-order valence-electron chi connectivity index (χ4n) is 3.05. The van der Waals surface area contributed by atoms with Crippen LogP contribution in [0.3, 0.4) is 0 Å². The van der Waals surface area contributed by atoms with Crippen molar-refractivity contribution in [3.05, 3.63) is 81.6 Å². The van der Waals surface area contributed by atoms with Crippen molar-refractivity contribution in [1.29, 1.82) is 0 Å². The van der Waals surface area contributed by atoms with Gasteiger partial charge in [0.25, 0.3) is 11.8 Å². The number of benzene rings is 2. The Hall–Kier alpha value is -3.32. The number of hydrogen-bond acceptors (Lipinski definition) is 4. The maximum atomic E-state index is 12.6. The van der Waals surface area contributed by atoms with Crippen LogP contribution in [0.15, 0.2) is 48.5 Å². The van der Waals surface area contributed by atoms with E-state index in [-0.39, 0.29) is 10.7 Å². The summed E-state index contributed by atoms with van der Waals surface area (Å²) in [5, 5.41) is 4.55. The first kappa shape index (κ1) is 22.4. The second kappa shape index (κ2) is 9.66. The van der Waals surface area contributed by atoms with E-state index < -0.39 is 17.9 Å².